The fraction of sp³-hybridized carbons (Fsp3) is 0.333. The van der Waals surface area contributed by atoms with E-state index in [1.807, 2.05) is 0 Å². The highest BCUT2D eigenvalue weighted by Gasteiger charge is 2.20. The molecule has 0 aliphatic rings. The molecule has 20 heavy (non-hydrogen) atoms. The zero-order valence-corrected chi connectivity index (χ0v) is 11.0. The summed E-state index contributed by atoms with van der Waals surface area (Å²) < 4.78 is 0. The molecule has 1 radical (unpaired) electrons. The van der Waals surface area contributed by atoms with Gasteiger partial charge in [0.05, 0.1) is 16.0 Å². The molecule has 8 heteroatoms. The maximum absolute atomic E-state index is 11.4. The van der Waals surface area contributed by atoms with Crippen molar-refractivity contribution in [2.24, 2.45) is 0 Å². The molecule has 105 valence electrons. The lowest BCUT2D eigenvalue weighted by molar-refractivity contribution is -0.385. The van der Waals surface area contributed by atoms with E-state index in [0.29, 0.717) is 23.1 Å². The van der Waals surface area contributed by atoms with Crippen LogP contribution in [0.25, 0.3) is 11.0 Å². The normalized spacial score (nSPS) is 10.9. The molecule has 1 aromatic carbocycles. The molecular formula is C12H13N4O4. The minimum absolute atomic E-state index is 0.0821. The van der Waals surface area contributed by atoms with Gasteiger partial charge in [-0.2, -0.15) is 0 Å². The highest BCUT2D eigenvalue weighted by molar-refractivity contribution is 5.82. The molecule has 0 unspecified atom stereocenters. The van der Waals surface area contributed by atoms with E-state index in [1.165, 1.54) is 6.07 Å². The lowest BCUT2D eigenvalue weighted by Crippen LogP contribution is -2.29. The van der Waals surface area contributed by atoms with E-state index in [1.54, 1.807) is 14.0 Å². The Morgan fingerprint density at radius 3 is 2.45 bits per heavy atom. The number of nitrogens with one attached hydrogen (secondary N) is 2. The van der Waals surface area contributed by atoms with Crippen molar-refractivity contribution >= 4 is 16.7 Å². The monoisotopic (exact) mass is 277 g/mol. The number of nitro groups is 1. The second-order valence-corrected chi connectivity index (χ2v) is 4.27. The van der Waals surface area contributed by atoms with E-state index < -0.39 is 16.0 Å². The first-order chi connectivity index (χ1) is 9.49. The summed E-state index contributed by atoms with van der Waals surface area (Å²) in [6, 6.07) is 1.27. The first kappa shape index (κ1) is 13.9. The number of nitrogens with zero attached hydrogens (tertiary/aromatic N) is 2. The summed E-state index contributed by atoms with van der Waals surface area (Å²) in [4.78, 5) is 38.3. The number of nitro benzene ring substituents is 1. The number of benzene rings is 1. The van der Waals surface area contributed by atoms with Crippen LogP contribution in [-0.4, -0.2) is 21.9 Å². The molecule has 8 nitrogen and oxygen atoms in total. The van der Waals surface area contributed by atoms with Crippen molar-refractivity contribution < 1.29 is 4.92 Å². The maximum atomic E-state index is 11.4. The zero-order chi connectivity index (χ0) is 14.9. The number of aromatic nitrogens is 2. The number of hydrogen-bond donors (Lipinski definition) is 2. The van der Waals surface area contributed by atoms with Gasteiger partial charge in [-0.1, -0.05) is 6.92 Å². The minimum atomic E-state index is -0.838. The molecule has 0 aliphatic heterocycles. The molecule has 0 atom stereocenters. The standard InChI is InChI=1S/C12H13N4O4/c1-3-6-7(5-13-2)10-8(4-9(6)16(19)20)14-11(17)12(18)15-10/h4H,3,5H2,1-2H3,(H,14,17)(H,15,18). The van der Waals surface area contributed by atoms with Crippen molar-refractivity contribution in [2.75, 3.05) is 7.05 Å². The van der Waals surface area contributed by atoms with E-state index in [4.69, 9.17) is 0 Å². The fourth-order valence-electron chi connectivity index (χ4n) is 2.24. The van der Waals surface area contributed by atoms with Gasteiger partial charge in [0.25, 0.3) is 5.69 Å². The molecule has 0 saturated heterocycles. The number of hydrogen-bond acceptors (Lipinski definition) is 4. The van der Waals surface area contributed by atoms with Crippen LogP contribution < -0.4 is 16.4 Å². The number of rotatable bonds is 4. The molecule has 2 N–H and O–H groups in total. The van der Waals surface area contributed by atoms with Crippen molar-refractivity contribution in [1.29, 1.82) is 0 Å². The Bertz CT molecular complexity index is 790. The van der Waals surface area contributed by atoms with Gasteiger partial charge in [0.2, 0.25) is 0 Å². The van der Waals surface area contributed by atoms with Gasteiger partial charge < -0.3 is 9.97 Å². The molecule has 1 heterocycles. The second kappa shape index (κ2) is 5.25. The third-order valence-corrected chi connectivity index (χ3v) is 3.09. The summed E-state index contributed by atoms with van der Waals surface area (Å²) in [5.41, 5.74) is -0.00862. The van der Waals surface area contributed by atoms with Crippen LogP contribution in [0.1, 0.15) is 18.1 Å². The summed E-state index contributed by atoms with van der Waals surface area (Å²) in [6.07, 6.45) is 0.429. The predicted octanol–water partition coefficient (Wildman–Crippen LogP) is 0.421. The predicted molar refractivity (Wildman–Crippen MR) is 73.0 cm³/mol. The molecule has 0 spiro atoms. The Balaban J connectivity index is 2.97. The third-order valence-electron chi connectivity index (χ3n) is 3.09. The average Bonchev–Trinajstić information content (AvgIpc) is 2.40. The van der Waals surface area contributed by atoms with Gasteiger partial charge in [0.15, 0.2) is 0 Å². The quantitative estimate of drug-likeness (QED) is 0.477. The van der Waals surface area contributed by atoms with Crippen LogP contribution in [-0.2, 0) is 13.0 Å². The van der Waals surface area contributed by atoms with E-state index in [0.717, 1.165) is 0 Å². The Kier molecular flexibility index (Phi) is 3.66. The van der Waals surface area contributed by atoms with Crippen LogP contribution in [0.4, 0.5) is 5.69 Å². The summed E-state index contributed by atoms with van der Waals surface area (Å²) in [5, 5.41) is 15.1. The van der Waals surface area contributed by atoms with Crippen molar-refractivity contribution in [3.8, 4) is 0 Å². The Hall–Kier alpha value is -2.48. The zero-order valence-electron chi connectivity index (χ0n) is 11.0. The van der Waals surface area contributed by atoms with Crippen LogP contribution in [0.2, 0.25) is 0 Å². The number of fused-ring (bicyclic) bond motifs is 1. The van der Waals surface area contributed by atoms with Crippen LogP contribution in [0, 0.1) is 10.1 Å². The maximum Gasteiger partial charge on any atom is 0.314 e. The summed E-state index contributed by atoms with van der Waals surface area (Å²) in [6.45, 7) is 2.01. The highest BCUT2D eigenvalue weighted by Crippen LogP contribution is 2.28. The molecule has 0 saturated carbocycles. The highest BCUT2D eigenvalue weighted by atomic mass is 16.6. The molecule has 2 rings (SSSR count). The lowest BCUT2D eigenvalue weighted by Gasteiger charge is -2.11. The van der Waals surface area contributed by atoms with Gasteiger partial charge in [0.1, 0.15) is 0 Å². The molecule has 1 aromatic heterocycles. The molecule has 0 bridgehead atoms. The lowest BCUT2D eigenvalue weighted by atomic mass is 10.0. The molecule has 0 fully saturated rings. The van der Waals surface area contributed by atoms with Crippen molar-refractivity contribution in [3.63, 3.8) is 0 Å². The van der Waals surface area contributed by atoms with Crippen LogP contribution in [0.5, 0.6) is 0 Å². The summed E-state index contributed by atoms with van der Waals surface area (Å²) >= 11 is 0. The first-order valence-electron chi connectivity index (χ1n) is 6.00. The van der Waals surface area contributed by atoms with Crippen LogP contribution in [0.15, 0.2) is 15.7 Å². The van der Waals surface area contributed by atoms with Gasteiger partial charge in [-0.3, -0.25) is 19.7 Å². The first-order valence-corrected chi connectivity index (χ1v) is 6.00. The Morgan fingerprint density at radius 1 is 1.25 bits per heavy atom. The van der Waals surface area contributed by atoms with E-state index >= 15 is 0 Å². The van der Waals surface area contributed by atoms with Crippen LogP contribution >= 0.6 is 0 Å². The molecule has 0 amide bonds. The van der Waals surface area contributed by atoms with Gasteiger partial charge in [-0.05, 0) is 6.42 Å². The SMILES string of the molecule is CCc1c([N+](=O)[O-])cc2[nH]c(=O)c(=O)[nH]c2c1C[N]C. The van der Waals surface area contributed by atoms with Gasteiger partial charge in [-0.15, -0.1) is 0 Å². The van der Waals surface area contributed by atoms with Gasteiger partial charge in [-0.25, -0.2) is 5.32 Å². The van der Waals surface area contributed by atoms with E-state index in [-0.39, 0.29) is 17.7 Å². The number of aromatic amines is 2. The van der Waals surface area contributed by atoms with Gasteiger partial charge in [0, 0.05) is 30.8 Å². The molecule has 2 aromatic rings. The Labute approximate surface area is 113 Å². The van der Waals surface area contributed by atoms with Crippen molar-refractivity contribution in [1.82, 2.24) is 15.3 Å². The van der Waals surface area contributed by atoms with Crippen molar-refractivity contribution in [3.05, 3.63) is 48.0 Å². The smallest absolute Gasteiger partial charge is 0.314 e. The van der Waals surface area contributed by atoms with E-state index in [2.05, 4.69) is 15.3 Å². The average molecular weight is 277 g/mol. The van der Waals surface area contributed by atoms with Crippen LogP contribution in [0.3, 0.4) is 0 Å². The summed E-state index contributed by atoms with van der Waals surface area (Å²) in [5.74, 6) is 0. The molecule has 0 aliphatic carbocycles. The van der Waals surface area contributed by atoms with Gasteiger partial charge >= 0.3 is 11.1 Å². The largest absolute Gasteiger partial charge is 0.316 e. The summed E-state index contributed by atoms with van der Waals surface area (Å²) in [7, 11) is 1.58. The fourth-order valence-corrected chi connectivity index (χ4v) is 2.24. The Morgan fingerprint density at radius 2 is 1.90 bits per heavy atom. The topological polar surface area (TPSA) is 123 Å². The molecular weight excluding hydrogens is 264 g/mol. The second-order valence-electron chi connectivity index (χ2n) is 4.27. The third kappa shape index (κ3) is 2.21. The van der Waals surface area contributed by atoms with E-state index in [9.17, 15) is 19.7 Å². The minimum Gasteiger partial charge on any atom is -0.316 e. The van der Waals surface area contributed by atoms with Crippen molar-refractivity contribution in [2.45, 2.75) is 19.9 Å². The number of H-pyrrole nitrogens is 2.